The Hall–Kier alpha value is -1.90. The third-order valence-electron chi connectivity index (χ3n) is 2.27. The molecular weight excluding hydrogens is 200 g/mol. The average Bonchev–Trinajstić information content (AvgIpc) is 2.22. The molecule has 0 saturated heterocycles. The second kappa shape index (κ2) is 4.31. The first-order valence-electron chi connectivity index (χ1n) is 5.20. The van der Waals surface area contributed by atoms with Gasteiger partial charge in [-0.15, -0.1) is 0 Å². The van der Waals surface area contributed by atoms with Gasteiger partial charge in [-0.2, -0.15) is 0 Å². The molecule has 2 heterocycles. The van der Waals surface area contributed by atoms with Gasteiger partial charge in [0.1, 0.15) is 11.5 Å². The fourth-order valence-electron chi connectivity index (χ4n) is 1.49. The van der Waals surface area contributed by atoms with Gasteiger partial charge in [0.15, 0.2) is 0 Å². The number of rotatable bonds is 2. The Morgan fingerprint density at radius 2 is 1.81 bits per heavy atom. The average molecular weight is 214 g/mol. The van der Waals surface area contributed by atoms with E-state index in [0.717, 1.165) is 28.6 Å². The quantitative estimate of drug-likeness (QED) is 0.770. The van der Waals surface area contributed by atoms with Crippen molar-refractivity contribution >= 4 is 0 Å². The van der Waals surface area contributed by atoms with Crippen molar-refractivity contribution in [3.05, 3.63) is 47.5 Å². The van der Waals surface area contributed by atoms with Crippen LogP contribution in [0.1, 0.15) is 17.1 Å². The van der Waals surface area contributed by atoms with Crippen LogP contribution < -0.4 is 4.74 Å². The van der Waals surface area contributed by atoms with Gasteiger partial charge in [0.2, 0.25) is 0 Å². The van der Waals surface area contributed by atoms with Crippen LogP contribution in [0.15, 0.2) is 30.5 Å². The summed E-state index contributed by atoms with van der Waals surface area (Å²) < 4.78 is 5.74. The maximum atomic E-state index is 5.74. The van der Waals surface area contributed by atoms with Crippen molar-refractivity contribution in [2.24, 2.45) is 0 Å². The van der Waals surface area contributed by atoms with Crippen molar-refractivity contribution in [3.63, 3.8) is 0 Å². The van der Waals surface area contributed by atoms with Crippen LogP contribution in [0, 0.1) is 20.8 Å². The normalized spacial score (nSPS) is 10.2. The molecule has 82 valence electrons. The lowest BCUT2D eigenvalue weighted by Crippen LogP contribution is -1.92. The van der Waals surface area contributed by atoms with Gasteiger partial charge in [-0.25, -0.2) is 0 Å². The molecule has 0 unspecified atom stereocenters. The van der Waals surface area contributed by atoms with Gasteiger partial charge in [0.05, 0.1) is 5.69 Å². The van der Waals surface area contributed by atoms with Crippen LogP contribution in [0.25, 0.3) is 0 Å². The summed E-state index contributed by atoms with van der Waals surface area (Å²) in [6.45, 7) is 5.84. The van der Waals surface area contributed by atoms with Crippen LogP contribution in [0.3, 0.4) is 0 Å². The first-order chi connectivity index (χ1) is 7.65. The fourth-order valence-corrected chi connectivity index (χ4v) is 1.49. The lowest BCUT2D eigenvalue weighted by molar-refractivity contribution is 0.474. The molecule has 0 aliphatic heterocycles. The fraction of sp³-hybridized carbons (Fsp3) is 0.231. The van der Waals surface area contributed by atoms with E-state index in [1.54, 1.807) is 6.20 Å². The number of hydrogen-bond donors (Lipinski definition) is 0. The van der Waals surface area contributed by atoms with Gasteiger partial charge in [-0.05, 0) is 39.0 Å². The van der Waals surface area contributed by atoms with Gasteiger partial charge in [-0.3, -0.25) is 9.97 Å². The van der Waals surface area contributed by atoms with Crippen molar-refractivity contribution in [3.8, 4) is 11.5 Å². The van der Waals surface area contributed by atoms with Gasteiger partial charge < -0.3 is 4.74 Å². The van der Waals surface area contributed by atoms with E-state index in [2.05, 4.69) is 9.97 Å². The van der Waals surface area contributed by atoms with E-state index < -0.39 is 0 Å². The Morgan fingerprint density at radius 3 is 2.50 bits per heavy atom. The molecule has 0 atom stereocenters. The molecule has 3 heteroatoms. The Morgan fingerprint density at radius 1 is 1.00 bits per heavy atom. The van der Waals surface area contributed by atoms with Crippen LogP contribution in [0.4, 0.5) is 0 Å². The molecule has 0 aliphatic carbocycles. The Labute approximate surface area is 95.1 Å². The van der Waals surface area contributed by atoms with E-state index in [-0.39, 0.29) is 0 Å². The summed E-state index contributed by atoms with van der Waals surface area (Å²) in [6.07, 6.45) is 1.74. The van der Waals surface area contributed by atoms with Crippen molar-refractivity contribution in [2.75, 3.05) is 0 Å². The SMILES string of the molecule is Cc1cc(Oc2ccc(C)nc2C)ccn1. The summed E-state index contributed by atoms with van der Waals surface area (Å²) in [5.74, 6) is 1.58. The van der Waals surface area contributed by atoms with Crippen molar-refractivity contribution in [1.29, 1.82) is 0 Å². The second-order valence-electron chi connectivity index (χ2n) is 3.77. The van der Waals surface area contributed by atoms with Crippen molar-refractivity contribution < 1.29 is 4.74 Å². The van der Waals surface area contributed by atoms with Crippen LogP contribution in [0.2, 0.25) is 0 Å². The molecule has 2 aromatic heterocycles. The van der Waals surface area contributed by atoms with Crippen LogP contribution in [-0.2, 0) is 0 Å². The molecule has 3 nitrogen and oxygen atoms in total. The van der Waals surface area contributed by atoms with E-state index in [0.29, 0.717) is 0 Å². The Bertz CT molecular complexity index is 509. The summed E-state index contributed by atoms with van der Waals surface area (Å²) in [5.41, 5.74) is 2.83. The molecule has 0 aliphatic rings. The highest BCUT2D eigenvalue weighted by molar-refractivity contribution is 5.34. The molecule has 0 radical (unpaired) electrons. The molecule has 2 aromatic rings. The lowest BCUT2D eigenvalue weighted by Gasteiger charge is -2.08. The van der Waals surface area contributed by atoms with E-state index in [1.807, 2.05) is 45.0 Å². The van der Waals surface area contributed by atoms with Gasteiger partial charge >= 0.3 is 0 Å². The Kier molecular flexibility index (Phi) is 2.86. The molecule has 0 fully saturated rings. The molecule has 0 amide bonds. The molecule has 16 heavy (non-hydrogen) atoms. The summed E-state index contributed by atoms with van der Waals surface area (Å²) in [5, 5.41) is 0. The monoisotopic (exact) mass is 214 g/mol. The molecular formula is C13H14N2O. The summed E-state index contributed by atoms with van der Waals surface area (Å²) >= 11 is 0. The highest BCUT2D eigenvalue weighted by Gasteiger charge is 2.02. The molecule has 0 saturated carbocycles. The highest BCUT2D eigenvalue weighted by Crippen LogP contribution is 2.23. The van der Waals surface area contributed by atoms with Crippen LogP contribution in [0.5, 0.6) is 11.5 Å². The van der Waals surface area contributed by atoms with Gasteiger partial charge in [-0.1, -0.05) is 0 Å². The number of aromatic nitrogens is 2. The van der Waals surface area contributed by atoms with Gasteiger partial charge in [0.25, 0.3) is 0 Å². The minimum Gasteiger partial charge on any atom is -0.455 e. The minimum atomic E-state index is 0.788. The van der Waals surface area contributed by atoms with E-state index in [4.69, 9.17) is 4.74 Å². The zero-order valence-corrected chi connectivity index (χ0v) is 9.69. The first kappa shape index (κ1) is 10.6. The standard InChI is InChI=1S/C13H14N2O/c1-9-4-5-13(11(3)15-9)16-12-6-7-14-10(2)8-12/h4-8H,1-3H3. The molecule has 0 N–H and O–H groups in total. The third-order valence-corrected chi connectivity index (χ3v) is 2.27. The van der Waals surface area contributed by atoms with E-state index >= 15 is 0 Å². The minimum absolute atomic E-state index is 0.788. The van der Waals surface area contributed by atoms with Gasteiger partial charge in [0, 0.05) is 23.7 Å². The molecule has 0 spiro atoms. The third kappa shape index (κ3) is 2.37. The maximum absolute atomic E-state index is 5.74. The highest BCUT2D eigenvalue weighted by atomic mass is 16.5. The number of nitrogens with zero attached hydrogens (tertiary/aromatic N) is 2. The predicted molar refractivity (Wildman–Crippen MR) is 62.8 cm³/mol. The Balaban J connectivity index is 2.27. The van der Waals surface area contributed by atoms with Crippen molar-refractivity contribution in [1.82, 2.24) is 9.97 Å². The van der Waals surface area contributed by atoms with Crippen molar-refractivity contribution in [2.45, 2.75) is 20.8 Å². The smallest absolute Gasteiger partial charge is 0.148 e. The molecule has 0 bridgehead atoms. The number of ether oxygens (including phenoxy) is 1. The number of hydrogen-bond acceptors (Lipinski definition) is 3. The molecule has 0 aromatic carbocycles. The first-order valence-corrected chi connectivity index (χ1v) is 5.20. The van der Waals surface area contributed by atoms with Crippen LogP contribution >= 0.6 is 0 Å². The second-order valence-corrected chi connectivity index (χ2v) is 3.77. The largest absolute Gasteiger partial charge is 0.455 e. The summed E-state index contributed by atoms with van der Waals surface area (Å²) in [7, 11) is 0. The van der Waals surface area contributed by atoms with E-state index in [9.17, 15) is 0 Å². The maximum Gasteiger partial charge on any atom is 0.148 e. The molecule has 2 rings (SSSR count). The zero-order chi connectivity index (χ0) is 11.5. The predicted octanol–water partition coefficient (Wildman–Crippen LogP) is 3.19. The number of pyridine rings is 2. The van der Waals surface area contributed by atoms with E-state index in [1.165, 1.54) is 0 Å². The van der Waals surface area contributed by atoms with Crippen LogP contribution in [-0.4, -0.2) is 9.97 Å². The summed E-state index contributed by atoms with van der Waals surface area (Å²) in [4.78, 5) is 8.47. The topological polar surface area (TPSA) is 35.0 Å². The zero-order valence-electron chi connectivity index (χ0n) is 9.69. The number of aryl methyl sites for hydroxylation is 3. The summed E-state index contributed by atoms with van der Waals surface area (Å²) in [6, 6.07) is 7.62. The lowest BCUT2D eigenvalue weighted by atomic mass is 10.3.